The minimum atomic E-state index is -1.80. The molecule has 1 heterocycles. The number of carbonyl (C=O) groups is 4. The molecule has 0 saturated heterocycles. The standard InChI is InChI=1S/C12H5Br4NO6/c13-6-4-5(7(14)9(16)8(6)15)11(21)17(10(4)20)2(12(22)23)1-3(18)19/h2H,1H2,(H,18,19)(H,22,23)/t2-/m0/s1. The predicted molar refractivity (Wildman–Crippen MR) is 91.4 cm³/mol. The molecule has 1 aliphatic rings. The van der Waals surface area contributed by atoms with Gasteiger partial charge in [-0.1, -0.05) is 0 Å². The molecular weight excluding hydrogens is 574 g/mol. The Bertz CT molecular complexity index is 731. The van der Waals surface area contributed by atoms with Gasteiger partial charge in [-0.15, -0.1) is 0 Å². The van der Waals surface area contributed by atoms with Crippen LogP contribution in [0.4, 0.5) is 0 Å². The highest BCUT2D eigenvalue weighted by atomic mass is 79.9. The molecule has 2 N–H and O–H groups in total. The van der Waals surface area contributed by atoms with Gasteiger partial charge in [0, 0.05) is 17.9 Å². The van der Waals surface area contributed by atoms with Crippen LogP contribution in [0, 0.1) is 0 Å². The molecule has 0 unspecified atom stereocenters. The lowest BCUT2D eigenvalue weighted by Crippen LogP contribution is -2.46. The number of carbonyl (C=O) groups excluding carboxylic acids is 2. The van der Waals surface area contributed by atoms with Crippen LogP contribution in [0.25, 0.3) is 0 Å². The average molecular weight is 579 g/mol. The van der Waals surface area contributed by atoms with Gasteiger partial charge in [0.15, 0.2) is 0 Å². The quantitative estimate of drug-likeness (QED) is 0.322. The van der Waals surface area contributed by atoms with Gasteiger partial charge >= 0.3 is 11.9 Å². The molecule has 0 bridgehead atoms. The maximum Gasteiger partial charge on any atom is 0.327 e. The Balaban J connectivity index is 2.66. The average Bonchev–Trinajstić information content (AvgIpc) is 2.71. The Morgan fingerprint density at radius 1 is 0.870 bits per heavy atom. The Morgan fingerprint density at radius 2 is 1.26 bits per heavy atom. The fourth-order valence-corrected chi connectivity index (χ4v) is 4.56. The fourth-order valence-electron chi connectivity index (χ4n) is 2.10. The second-order valence-corrected chi connectivity index (χ2v) is 7.61. The molecule has 0 fully saturated rings. The highest BCUT2D eigenvalue weighted by Crippen LogP contribution is 2.45. The first-order chi connectivity index (χ1) is 10.6. The maximum atomic E-state index is 12.5. The zero-order valence-corrected chi connectivity index (χ0v) is 17.1. The third-order valence-electron chi connectivity index (χ3n) is 3.10. The number of rotatable bonds is 4. The number of amides is 2. The van der Waals surface area contributed by atoms with Crippen LogP contribution >= 0.6 is 63.7 Å². The number of hydrogen-bond donors (Lipinski definition) is 2. The Kier molecular flexibility index (Phi) is 5.34. The molecule has 1 atom stereocenters. The summed E-state index contributed by atoms with van der Waals surface area (Å²) >= 11 is 12.9. The fraction of sp³-hybridized carbons (Fsp3) is 0.167. The second-order valence-electron chi connectivity index (χ2n) is 4.44. The van der Waals surface area contributed by atoms with E-state index in [9.17, 15) is 24.3 Å². The van der Waals surface area contributed by atoms with E-state index in [-0.39, 0.29) is 20.1 Å². The lowest BCUT2D eigenvalue weighted by Gasteiger charge is -2.20. The summed E-state index contributed by atoms with van der Waals surface area (Å²) in [6.45, 7) is 0. The Labute approximate surface area is 162 Å². The number of carboxylic acid groups (broad SMARTS) is 2. The van der Waals surface area contributed by atoms with Crippen LogP contribution in [0.15, 0.2) is 17.9 Å². The van der Waals surface area contributed by atoms with E-state index in [0.717, 1.165) is 0 Å². The minimum absolute atomic E-state index is 0.0337. The van der Waals surface area contributed by atoms with Crippen molar-refractivity contribution in [2.75, 3.05) is 0 Å². The van der Waals surface area contributed by atoms with E-state index in [2.05, 4.69) is 63.7 Å². The second kappa shape index (κ2) is 6.61. The highest BCUT2D eigenvalue weighted by molar-refractivity contribution is 9.15. The molecule has 0 aromatic heterocycles. The van der Waals surface area contributed by atoms with Crippen molar-refractivity contribution < 1.29 is 29.4 Å². The lowest BCUT2D eigenvalue weighted by molar-refractivity contribution is -0.147. The molecule has 122 valence electrons. The van der Waals surface area contributed by atoms with Gasteiger partial charge in [-0.3, -0.25) is 19.3 Å². The van der Waals surface area contributed by atoms with E-state index < -0.39 is 36.2 Å². The molecule has 2 rings (SSSR count). The van der Waals surface area contributed by atoms with Crippen molar-refractivity contribution in [1.82, 2.24) is 4.90 Å². The number of aliphatic carboxylic acids is 2. The molecule has 0 saturated carbocycles. The first kappa shape index (κ1) is 18.6. The summed E-state index contributed by atoms with van der Waals surface area (Å²) in [6, 6.07) is -1.80. The summed E-state index contributed by atoms with van der Waals surface area (Å²) in [7, 11) is 0. The summed E-state index contributed by atoms with van der Waals surface area (Å²) in [4.78, 5) is 47.7. The molecule has 0 spiro atoms. The van der Waals surface area contributed by atoms with Crippen LogP contribution in [0.2, 0.25) is 0 Å². The number of imide groups is 1. The maximum absolute atomic E-state index is 12.5. The first-order valence-corrected chi connectivity index (χ1v) is 8.95. The summed E-state index contributed by atoms with van der Waals surface area (Å²) in [6.07, 6.45) is -0.890. The van der Waals surface area contributed by atoms with Crippen LogP contribution in [0.5, 0.6) is 0 Å². The van der Waals surface area contributed by atoms with Gasteiger partial charge in [-0.05, 0) is 63.7 Å². The Morgan fingerprint density at radius 3 is 1.57 bits per heavy atom. The number of benzene rings is 1. The third kappa shape index (κ3) is 2.99. The summed E-state index contributed by atoms with van der Waals surface area (Å²) in [5.74, 6) is -4.76. The number of halogens is 4. The van der Waals surface area contributed by atoms with Crippen molar-refractivity contribution in [1.29, 1.82) is 0 Å². The van der Waals surface area contributed by atoms with E-state index in [0.29, 0.717) is 13.8 Å². The van der Waals surface area contributed by atoms with Crippen LogP contribution in [-0.2, 0) is 9.59 Å². The summed E-state index contributed by atoms with van der Waals surface area (Å²) < 4.78 is 1.44. The number of carboxylic acids is 2. The minimum Gasteiger partial charge on any atom is -0.481 e. The van der Waals surface area contributed by atoms with Gasteiger partial charge in [-0.25, -0.2) is 4.79 Å². The monoisotopic (exact) mass is 575 g/mol. The normalized spacial score (nSPS) is 14.9. The number of hydrogen-bond acceptors (Lipinski definition) is 4. The van der Waals surface area contributed by atoms with E-state index in [1.165, 1.54) is 0 Å². The van der Waals surface area contributed by atoms with Gasteiger partial charge < -0.3 is 10.2 Å². The van der Waals surface area contributed by atoms with Crippen molar-refractivity contribution in [2.45, 2.75) is 12.5 Å². The number of fused-ring (bicyclic) bond motifs is 1. The summed E-state index contributed by atoms with van der Waals surface area (Å²) in [5.41, 5.74) is -0.0674. The molecule has 2 amide bonds. The van der Waals surface area contributed by atoms with Gasteiger partial charge in [0.2, 0.25) is 0 Å². The lowest BCUT2D eigenvalue weighted by atomic mass is 10.1. The highest BCUT2D eigenvalue weighted by Gasteiger charge is 2.47. The largest absolute Gasteiger partial charge is 0.481 e. The number of nitrogens with zero attached hydrogens (tertiary/aromatic N) is 1. The zero-order valence-electron chi connectivity index (χ0n) is 10.8. The predicted octanol–water partition coefficient (Wildman–Crippen LogP) is 3.26. The molecule has 1 aliphatic heterocycles. The molecule has 23 heavy (non-hydrogen) atoms. The third-order valence-corrected chi connectivity index (χ3v) is 7.87. The molecule has 0 radical (unpaired) electrons. The van der Waals surface area contributed by atoms with Crippen LogP contribution in [-0.4, -0.2) is 44.9 Å². The molecule has 1 aromatic carbocycles. The van der Waals surface area contributed by atoms with Crippen molar-refractivity contribution in [3.05, 3.63) is 29.0 Å². The Hall–Kier alpha value is -0.780. The van der Waals surface area contributed by atoms with Crippen molar-refractivity contribution in [3.8, 4) is 0 Å². The van der Waals surface area contributed by atoms with Gasteiger partial charge in [0.25, 0.3) is 11.8 Å². The van der Waals surface area contributed by atoms with E-state index >= 15 is 0 Å². The first-order valence-electron chi connectivity index (χ1n) is 5.78. The molecule has 0 aliphatic carbocycles. The summed E-state index contributed by atoms with van der Waals surface area (Å²) in [5, 5.41) is 18.0. The van der Waals surface area contributed by atoms with E-state index in [4.69, 9.17) is 5.11 Å². The van der Waals surface area contributed by atoms with Crippen LogP contribution < -0.4 is 0 Å². The molecule has 7 nitrogen and oxygen atoms in total. The van der Waals surface area contributed by atoms with Crippen molar-refractivity contribution in [2.24, 2.45) is 0 Å². The van der Waals surface area contributed by atoms with Gasteiger partial charge in [0.05, 0.1) is 17.5 Å². The zero-order chi connectivity index (χ0) is 17.6. The molecule has 1 aromatic rings. The van der Waals surface area contributed by atoms with Crippen LogP contribution in [0.1, 0.15) is 27.1 Å². The van der Waals surface area contributed by atoms with Gasteiger partial charge in [-0.2, -0.15) is 0 Å². The van der Waals surface area contributed by atoms with E-state index in [1.807, 2.05) is 0 Å². The van der Waals surface area contributed by atoms with Crippen molar-refractivity contribution in [3.63, 3.8) is 0 Å². The smallest absolute Gasteiger partial charge is 0.327 e. The van der Waals surface area contributed by atoms with Crippen LogP contribution in [0.3, 0.4) is 0 Å². The van der Waals surface area contributed by atoms with E-state index in [1.54, 1.807) is 0 Å². The molecule has 11 heteroatoms. The molecular formula is C12H5Br4NO6. The topological polar surface area (TPSA) is 112 Å². The van der Waals surface area contributed by atoms with Crippen molar-refractivity contribution >= 4 is 87.5 Å². The SMILES string of the molecule is O=C(O)C[C@@H](C(=O)O)N1C(=O)c2c(Br)c(Br)c(Br)c(Br)c2C1=O. The van der Waals surface area contributed by atoms with Gasteiger partial charge in [0.1, 0.15) is 6.04 Å².